The lowest BCUT2D eigenvalue weighted by Crippen LogP contribution is -2.51. The minimum atomic E-state index is -0.715. The number of methoxy groups -OCH3 is 1. The van der Waals surface area contributed by atoms with Gasteiger partial charge in [0.25, 0.3) is 0 Å². The van der Waals surface area contributed by atoms with Gasteiger partial charge in [0.2, 0.25) is 5.91 Å². The molecular weight excluding hydrogens is 352 g/mol. The lowest BCUT2D eigenvalue weighted by Gasteiger charge is -2.23. The molecule has 0 unspecified atom stereocenters. The Morgan fingerprint density at radius 2 is 1.46 bits per heavy atom. The first-order valence-corrected chi connectivity index (χ1v) is 9.69. The molecule has 0 fully saturated rings. The van der Waals surface area contributed by atoms with Crippen LogP contribution in [0.3, 0.4) is 0 Å². The molecule has 5 nitrogen and oxygen atoms in total. The average molecular weight is 383 g/mol. The third kappa shape index (κ3) is 7.16. The van der Waals surface area contributed by atoms with E-state index in [0.717, 1.165) is 11.1 Å². The van der Waals surface area contributed by atoms with Crippen LogP contribution in [0.15, 0.2) is 60.7 Å². The molecule has 150 valence electrons. The molecule has 5 heteroatoms. The van der Waals surface area contributed by atoms with E-state index in [4.69, 9.17) is 4.74 Å². The Morgan fingerprint density at radius 1 is 0.893 bits per heavy atom. The SMILES string of the molecule is COC(=O)[C@H](Cc1ccccc1)NC(=O)[C@H](CC(C)C)NCc1ccccc1. The smallest absolute Gasteiger partial charge is 0.328 e. The van der Waals surface area contributed by atoms with Crippen LogP contribution in [0.1, 0.15) is 31.4 Å². The molecule has 2 N–H and O–H groups in total. The maximum Gasteiger partial charge on any atom is 0.328 e. The van der Waals surface area contributed by atoms with Crippen molar-refractivity contribution in [1.29, 1.82) is 0 Å². The lowest BCUT2D eigenvalue weighted by atomic mass is 10.0. The fourth-order valence-corrected chi connectivity index (χ4v) is 3.05. The second-order valence-corrected chi connectivity index (χ2v) is 7.32. The molecule has 0 spiro atoms. The summed E-state index contributed by atoms with van der Waals surface area (Å²) >= 11 is 0. The fraction of sp³-hybridized carbons (Fsp3) is 0.391. The first-order valence-electron chi connectivity index (χ1n) is 9.69. The number of hydrogen-bond donors (Lipinski definition) is 2. The number of hydrogen-bond acceptors (Lipinski definition) is 4. The zero-order valence-electron chi connectivity index (χ0n) is 16.9. The van der Waals surface area contributed by atoms with Crippen LogP contribution in [0.5, 0.6) is 0 Å². The van der Waals surface area contributed by atoms with E-state index < -0.39 is 12.0 Å². The highest BCUT2D eigenvalue weighted by Gasteiger charge is 2.26. The molecule has 2 atom stereocenters. The van der Waals surface area contributed by atoms with Gasteiger partial charge in [-0.05, 0) is 23.5 Å². The van der Waals surface area contributed by atoms with Gasteiger partial charge in [0, 0.05) is 13.0 Å². The van der Waals surface area contributed by atoms with E-state index in [2.05, 4.69) is 24.5 Å². The van der Waals surface area contributed by atoms with E-state index in [1.807, 2.05) is 60.7 Å². The Morgan fingerprint density at radius 3 is 2.00 bits per heavy atom. The van der Waals surface area contributed by atoms with Crippen molar-refractivity contribution in [2.24, 2.45) is 5.92 Å². The molecule has 2 aromatic rings. The highest BCUT2D eigenvalue weighted by Crippen LogP contribution is 2.09. The normalized spacial score (nSPS) is 13.0. The summed E-state index contributed by atoms with van der Waals surface area (Å²) < 4.78 is 4.90. The number of rotatable bonds is 10. The number of nitrogens with one attached hydrogen (secondary N) is 2. The molecule has 28 heavy (non-hydrogen) atoms. The molecule has 0 heterocycles. The second-order valence-electron chi connectivity index (χ2n) is 7.32. The molecule has 0 bridgehead atoms. The van der Waals surface area contributed by atoms with Crippen molar-refractivity contribution in [2.75, 3.05) is 7.11 Å². The topological polar surface area (TPSA) is 67.4 Å². The van der Waals surface area contributed by atoms with Gasteiger partial charge in [-0.2, -0.15) is 0 Å². The maximum absolute atomic E-state index is 12.9. The first-order chi connectivity index (χ1) is 13.5. The first kappa shape index (κ1) is 21.6. The van der Waals surface area contributed by atoms with Gasteiger partial charge in [-0.25, -0.2) is 4.79 Å². The van der Waals surface area contributed by atoms with Gasteiger partial charge in [-0.15, -0.1) is 0 Å². The van der Waals surface area contributed by atoms with E-state index >= 15 is 0 Å². The van der Waals surface area contributed by atoms with E-state index in [1.165, 1.54) is 7.11 Å². The van der Waals surface area contributed by atoms with Gasteiger partial charge in [0.05, 0.1) is 13.2 Å². The van der Waals surface area contributed by atoms with Crippen LogP contribution in [0.2, 0.25) is 0 Å². The number of carbonyl (C=O) groups excluding carboxylic acids is 2. The summed E-state index contributed by atoms with van der Waals surface area (Å²) in [6.07, 6.45) is 1.07. The summed E-state index contributed by atoms with van der Waals surface area (Å²) in [4.78, 5) is 25.2. The van der Waals surface area contributed by atoms with Crippen LogP contribution in [0.25, 0.3) is 0 Å². The molecule has 0 aliphatic carbocycles. The number of ether oxygens (including phenoxy) is 1. The summed E-state index contributed by atoms with van der Waals surface area (Å²) in [6, 6.07) is 18.5. The van der Waals surface area contributed by atoms with Crippen LogP contribution in [0, 0.1) is 5.92 Å². The van der Waals surface area contributed by atoms with Crippen LogP contribution < -0.4 is 10.6 Å². The van der Waals surface area contributed by atoms with Crippen molar-refractivity contribution < 1.29 is 14.3 Å². The van der Waals surface area contributed by atoms with E-state index in [1.54, 1.807) is 0 Å². The van der Waals surface area contributed by atoms with Gasteiger partial charge in [-0.3, -0.25) is 4.79 Å². The average Bonchev–Trinajstić information content (AvgIpc) is 2.71. The van der Waals surface area contributed by atoms with E-state index in [9.17, 15) is 9.59 Å². The Kier molecular flexibility index (Phi) is 8.69. The molecule has 2 aromatic carbocycles. The molecule has 0 aliphatic rings. The van der Waals surface area contributed by atoms with Crippen molar-refractivity contribution in [1.82, 2.24) is 10.6 Å². The Hall–Kier alpha value is -2.66. The predicted octanol–water partition coefficient (Wildman–Crippen LogP) is 3.09. The minimum Gasteiger partial charge on any atom is -0.467 e. The predicted molar refractivity (Wildman–Crippen MR) is 111 cm³/mol. The largest absolute Gasteiger partial charge is 0.467 e. The molecule has 2 rings (SSSR count). The Labute approximate surface area is 167 Å². The standard InChI is InChI=1S/C23H30N2O3/c1-17(2)14-20(24-16-19-12-8-5-9-13-19)22(26)25-21(23(27)28-3)15-18-10-6-4-7-11-18/h4-13,17,20-21,24H,14-16H2,1-3H3,(H,25,26)/t20-,21-/m0/s1. The van der Waals surface area contributed by atoms with Crippen LogP contribution in [-0.4, -0.2) is 31.1 Å². The molecule has 0 radical (unpaired) electrons. The lowest BCUT2D eigenvalue weighted by molar-refractivity contribution is -0.145. The van der Waals surface area contributed by atoms with E-state index in [-0.39, 0.29) is 11.9 Å². The zero-order chi connectivity index (χ0) is 20.4. The summed E-state index contributed by atoms with van der Waals surface area (Å²) in [5.41, 5.74) is 2.08. The highest BCUT2D eigenvalue weighted by molar-refractivity contribution is 5.87. The van der Waals surface area contributed by atoms with Crippen molar-refractivity contribution in [3.05, 3.63) is 71.8 Å². The van der Waals surface area contributed by atoms with E-state index in [0.29, 0.717) is 25.3 Å². The van der Waals surface area contributed by atoms with Crippen molar-refractivity contribution in [2.45, 2.75) is 45.3 Å². The number of carbonyl (C=O) groups is 2. The summed E-state index contributed by atoms with van der Waals surface area (Å²) in [5, 5.41) is 6.21. The highest BCUT2D eigenvalue weighted by atomic mass is 16.5. The van der Waals surface area contributed by atoms with Gasteiger partial charge in [-0.1, -0.05) is 74.5 Å². The van der Waals surface area contributed by atoms with Crippen LogP contribution in [0.4, 0.5) is 0 Å². The number of esters is 1. The van der Waals surface area contributed by atoms with Gasteiger partial charge in [0.15, 0.2) is 0 Å². The Balaban J connectivity index is 2.05. The second kappa shape index (κ2) is 11.2. The van der Waals surface area contributed by atoms with Crippen molar-refractivity contribution in [3.8, 4) is 0 Å². The van der Waals surface area contributed by atoms with Crippen molar-refractivity contribution >= 4 is 11.9 Å². The molecule has 0 aromatic heterocycles. The monoisotopic (exact) mass is 382 g/mol. The number of amides is 1. The van der Waals surface area contributed by atoms with Crippen LogP contribution >= 0.6 is 0 Å². The fourth-order valence-electron chi connectivity index (χ4n) is 3.05. The van der Waals surface area contributed by atoms with Gasteiger partial charge in [0.1, 0.15) is 6.04 Å². The summed E-state index contributed by atoms with van der Waals surface area (Å²) in [5.74, 6) is -0.288. The summed E-state index contributed by atoms with van der Waals surface area (Å²) in [6.45, 7) is 4.74. The maximum atomic E-state index is 12.9. The van der Waals surface area contributed by atoms with Crippen LogP contribution in [-0.2, 0) is 27.3 Å². The van der Waals surface area contributed by atoms with Crippen molar-refractivity contribution in [3.63, 3.8) is 0 Å². The third-order valence-electron chi connectivity index (χ3n) is 4.50. The molecule has 0 aliphatic heterocycles. The minimum absolute atomic E-state index is 0.184. The van der Waals surface area contributed by atoms with Gasteiger partial charge >= 0.3 is 5.97 Å². The molecule has 0 saturated heterocycles. The quantitative estimate of drug-likeness (QED) is 0.620. The molecule has 1 amide bonds. The zero-order valence-corrected chi connectivity index (χ0v) is 16.9. The summed E-state index contributed by atoms with van der Waals surface area (Å²) in [7, 11) is 1.34. The number of benzene rings is 2. The Bertz CT molecular complexity index is 732. The van der Waals surface area contributed by atoms with Gasteiger partial charge < -0.3 is 15.4 Å². The third-order valence-corrected chi connectivity index (χ3v) is 4.50. The molecular formula is C23H30N2O3. The molecule has 0 saturated carbocycles.